The minimum Gasteiger partial charge on any atom is -0.353 e. The zero-order valence-corrected chi connectivity index (χ0v) is 12.7. The van der Waals surface area contributed by atoms with E-state index in [2.05, 4.69) is 15.6 Å². The van der Waals surface area contributed by atoms with Crippen LogP contribution < -0.4 is 10.6 Å². The summed E-state index contributed by atoms with van der Waals surface area (Å²) in [5.74, 6) is 0.0819. The summed E-state index contributed by atoms with van der Waals surface area (Å²) >= 11 is 1.53. The molecule has 3 rings (SSSR count). The number of aromatic nitrogens is 1. The highest BCUT2D eigenvalue weighted by Crippen LogP contribution is 2.21. The van der Waals surface area contributed by atoms with Crippen LogP contribution in [0.4, 0.5) is 10.8 Å². The summed E-state index contributed by atoms with van der Waals surface area (Å²) in [6.07, 6.45) is 5.05. The first-order valence-corrected chi connectivity index (χ1v) is 8.23. The molecule has 1 heterocycles. The van der Waals surface area contributed by atoms with E-state index in [1.807, 2.05) is 35.7 Å². The van der Waals surface area contributed by atoms with Gasteiger partial charge in [0.2, 0.25) is 5.91 Å². The molecule has 5 heteroatoms. The molecule has 1 fully saturated rings. The molecule has 1 aliphatic rings. The van der Waals surface area contributed by atoms with Crippen LogP contribution in [0.5, 0.6) is 0 Å². The summed E-state index contributed by atoms with van der Waals surface area (Å²) in [6, 6.07) is 10.3. The van der Waals surface area contributed by atoms with Crippen molar-refractivity contribution in [1.82, 2.24) is 10.3 Å². The predicted octanol–water partition coefficient (Wildman–Crippen LogP) is 3.49. The number of carbonyl (C=O) groups excluding carboxylic acids is 1. The number of hydrogen-bond acceptors (Lipinski definition) is 4. The molecule has 1 aliphatic carbocycles. The van der Waals surface area contributed by atoms with Crippen LogP contribution in [-0.4, -0.2) is 16.9 Å². The third kappa shape index (κ3) is 4.04. The summed E-state index contributed by atoms with van der Waals surface area (Å²) in [6.45, 7) is 0. The van der Waals surface area contributed by atoms with Crippen molar-refractivity contribution in [3.8, 4) is 0 Å². The van der Waals surface area contributed by atoms with Crippen molar-refractivity contribution in [2.24, 2.45) is 0 Å². The Bertz CT molecular complexity index is 591. The molecule has 110 valence electrons. The van der Waals surface area contributed by atoms with Gasteiger partial charge in [0.1, 0.15) is 0 Å². The van der Waals surface area contributed by atoms with Crippen molar-refractivity contribution in [1.29, 1.82) is 0 Å². The number of benzene rings is 1. The standard InChI is InChI=1S/C16H19N3OS/c20-15(17-12-8-4-5-9-12)10-14-11-21-16(19-14)18-13-6-2-1-3-7-13/h1-3,6-7,11-12H,4-5,8-10H2,(H,17,20)(H,18,19). The Morgan fingerprint density at radius 2 is 2.00 bits per heavy atom. The molecule has 0 unspecified atom stereocenters. The van der Waals surface area contributed by atoms with Gasteiger partial charge in [-0.3, -0.25) is 4.79 Å². The Kier molecular flexibility index (Phi) is 4.50. The number of para-hydroxylation sites is 1. The number of anilines is 2. The van der Waals surface area contributed by atoms with Gasteiger partial charge in [-0.2, -0.15) is 0 Å². The molecule has 1 aromatic heterocycles. The third-order valence-corrected chi connectivity index (χ3v) is 4.45. The van der Waals surface area contributed by atoms with Crippen LogP contribution in [0.15, 0.2) is 35.7 Å². The summed E-state index contributed by atoms with van der Waals surface area (Å²) in [5, 5.41) is 9.11. The fourth-order valence-corrected chi connectivity index (χ4v) is 3.33. The van der Waals surface area contributed by atoms with Gasteiger partial charge in [-0.15, -0.1) is 11.3 Å². The Labute approximate surface area is 128 Å². The highest BCUT2D eigenvalue weighted by Gasteiger charge is 2.17. The normalized spacial score (nSPS) is 15.0. The van der Waals surface area contributed by atoms with Gasteiger partial charge in [0.25, 0.3) is 0 Å². The number of carbonyl (C=O) groups is 1. The van der Waals surface area contributed by atoms with Crippen molar-refractivity contribution >= 4 is 28.1 Å². The first kappa shape index (κ1) is 14.1. The molecule has 1 aromatic carbocycles. The molecule has 2 N–H and O–H groups in total. The Morgan fingerprint density at radius 1 is 1.24 bits per heavy atom. The second-order valence-electron chi connectivity index (χ2n) is 5.36. The zero-order chi connectivity index (χ0) is 14.5. The fraction of sp³-hybridized carbons (Fsp3) is 0.375. The second kappa shape index (κ2) is 6.72. The van der Waals surface area contributed by atoms with Crippen LogP contribution in [0.3, 0.4) is 0 Å². The largest absolute Gasteiger partial charge is 0.353 e. The lowest BCUT2D eigenvalue weighted by Crippen LogP contribution is -2.33. The number of amides is 1. The molecule has 4 nitrogen and oxygen atoms in total. The van der Waals surface area contributed by atoms with E-state index in [0.29, 0.717) is 12.5 Å². The molecule has 0 radical (unpaired) electrons. The van der Waals surface area contributed by atoms with Crippen molar-refractivity contribution in [2.75, 3.05) is 5.32 Å². The van der Waals surface area contributed by atoms with E-state index in [4.69, 9.17) is 0 Å². The topological polar surface area (TPSA) is 54.0 Å². The van der Waals surface area contributed by atoms with Crippen LogP contribution >= 0.6 is 11.3 Å². The minimum atomic E-state index is 0.0819. The highest BCUT2D eigenvalue weighted by atomic mass is 32.1. The van der Waals surface area contributed by atoms with E-state index in [0.717, 1.165) is 29.4 Å². The number of thiazole rings is 1. The average molecular weight is 301 g/mol. The van der Waals surface area contributed by atoms with Gasteiger partial charge in [0, 0.05) is 17.1 Å². The average Bonchev–Trinajstić information content (AvgIpc) is 3.12. The van der Waals surface area contributed by atoms with Gasteiger partial charge in [-0.1, -0.05) is 31.0 Å². The molecule has 1 amide bonds. The summed E-state index contributed by atoms with van der Waals surface area (Å²) < 4.78 is 0. The van der Waals surface area contributed by atoms with Gasteiger partial charge in [-0.25, -0.2) is 4.98 Å². The lowest BCUT2D eigenvalue weighted by atomic mass is 10.2. The monoisotopic (exact) mass is 301 g/mol. The van der Waals surface area contributed by atoms with Gasteiger partial charge in [-0.05, 0) is 25.0 Å². The van der Waals surface area contributed by atoms with Crippen molar-refractivity contribution in [3.63, 3.8) is 0 Å². The first-order valence-electron chi connectivity index (χ1n) is 7.35. The van der Waals surface area contributed by atoms with Gasteiger partial charge < -0.3 is 10.6 Å². The first-order chi connectivity index (χ1) is 10.3. The Morgan fingerprint density at radius 3 is 2.76 bits per heavy atom. The molecule has 0 bridgehead atoms. The Hall–Kier alpha value is -1.88. The molecule has 2 aromatic rings. The second-order valence-corrected chi connectivity index (χ2v) is 6.22. The number of hydrogen-bond donors (Lipinski definition) is 2. The van der Waals surface area contributed by atoms with E-state index >= 15 is 0 Å². The van der Waals surface area contributed by atoms with E-state index < -0.39 is 0 Å². The quantitative estimate of drug-likeness (QED) is 0.889. The van der Waals surface area contributed by atoms with E-state index in [1.54, 1.807) is 0 Å². The lowest BCUT2D eigenvalue weighted by Gasteiger charge is -2.10. The summed E-state index contributed by atoms with van der Waals surface area (Å²) in [7, 11) is 0. The SMILES string of the molecule is O=C(Cc1csc(Nc2ccccc2)n1)NC1CCCC1. The van der Waals surface area contributed by atoms with Crippen LogP contribution in [0.1, 0.15) is 31.4 Å². The maximum absolute atomic E-state index is 12.0. The molecule has 0 atom stereocenters. The minimum absolute atomic E-state index is 0.0819. The smallest absolute Gasteiger partial charge is 0.226 e. The molecule has 0 spiro atoms. The number of nitrogens with zero attached hydrogens (tertiary/aromatic N) is 1. The Balaban J connectivity index is 1.53. The van der Waals surface area contributed by atoms with Gasteiger partial charge >= 0.3 is 0 Å². The molecule has 0 saturated heterocycles. The van der Waals surface area contributed by atoms with Gasteiger partial charge in [0.05, 0.1) is 12.1 Å². The third-order valence-electron chi connectivity index (χ3n) is 3.64. The number of rotatable bonds is 5. The van der Waals surface area contributed by atoms with Crippen LogP contribution in [0.2, 0.25) is 0 Å². The van der Waals surface area contributed by atoms with E-state index in [1.165, 1.54) is 24.2 Å². The molecule has 21 heavy (non-hydrogen) atoms. The summed E-state index contributed by atoms with van der Waals surface area (Å²) in [5.41, 5.74) is 1.84. The molecular weight excluding hydrogens is 282 g/mol. The fourth-order valence-electron chi connectivity index (χ4n) is 2.60. The zero-order valence-electron chi connectivity index (χ0n) is 11.8. The maximum atomic E-state index is 12.0. The molecule has 1 saturated carbocycles. The van der Waals surface area contributed by atoms with Gasteiger partial charge in [0.15, 0.2) is 5.13 Å². The van der Waals surface area contributed by atoms with E-state index in [-0.39, 0.29) is 5.91 Å². The molecular formula is C16H19N3OS. The van der Waals surface area contributed by atoms with E-state index in [9.17, 15) is 4.79 Å². The molecule has 0 aliphatic heterocycles. The van der Waals surface area contributed by atoms with Crippen LogP contribution in [0.25, 0.3) is 0 Å². The maximum Gasteiger partial charge on any atom is 0.226 e. The van der Waals surface area contributed by atoms with Crippen molar-refractivity contribution < 1.29 is 4.79 Å². The van der Waals surface area contributed by atoms with Crippen LogP contribution in [-0.2, 0) is 11.2 Å². The highest BCUT2D eigenvalue weighted by molar-refractivity contribution is 7.13. The predicted molar refractivity (Wildman–Crippen MR) is 85.9 cm³/mol. The van der Waals surface area contributed by atoms with Crippen molar-refractivity contribution in [2.45, 2.75) is 38.1 Å². The lowest BCUT2D eigenvalue weighted by molar-refractivity contribution is -0.121. The number of nitrogens with one attached hydrogen (secondary N) is 2. The van der Waals surface area contributed by atoms with Crippen LogP contribution in [0, 0.1) is 0 Å². The van der Waals surface area contributed by atoms with Crippen molar-refractivity contribution in [3.05, 3.63) is 41.4 Å². The summed E-state index contributed by atoms with van der Waals surface area (Å²) in [4.78, 5) is 16.4.